The minimum atomic E-state index is -1.21. The van der Waals surface area contributed by atoms with Crippen LogP contribution in [0.5, 0.6) is 0 Å². The van der Waals surface area contributed by atoms with E-state index in [9.17, 15) is 9.90 Å². The zero-order valence-corrected chi connectivity index (χ0v) is 12.7. The number of hydrogen-bond acceptors (Lipinski definition) is 5. The number of carbonyl (C=O) groups excluding carboxylic acids is 1. The van der Waals surface area contributed by atoms with E-state index in [1.54, 1.807) is 18.3 Å². The number of carboxylic acid groups (broad SMARTS) is 1. The number of aromatic nitrogens is 3. The third-order valence-electron chi connectivity index (χ3n) is 3.15. The molecule has 3 rings (SSSR count). The van der Waals surface area contributed by atoms with Crippen molar-refractivity contribution in [3.05, 3.63) is 70.5 Å². The van der Waals surface area contributed by atoms with E-state index >= 15 is 0 Å². The molecule has 2 aromatic carbocycles. The molecule has 0 unspecified atom stereocenters. The van der Waals surface area contributed by atoms with Crippen LogP contribution in [0.3, 0.4) is 0 Å². The number of aromatic carboxylic acids is 1. The number of aromatic amines is 1. The van der Waals surface area contributed by atoms with Crippen molar-refractivity contribution in [2.45, 2.75) is 0 Å². The molecule has 0 amide bonds. The number of carboxylic acids is 1. The lowest BCUT2D eigenvalue weighted by Crippen LogP contribution is -2.21. The van der Waals surface area contributed by atoms with Gasteiger partial charge in [-0.1, -0.05) is 54.6 Å². The fraction of sp³-hybridized carbons (Fsp3) is 0. The predicted molar refractivity (Wildman–Crippen MR) is 86.6 cm³/mol. The standard InChI is InChI=1S/C16H12N4O2S/c21-15(22)13-8-6-11(7-9-13)10-17-20-14(18-19-16(20)23)12-4-2-1-3-5-12/h1-10H,(H,19,23)(H,21,22)/p-1/b17-10+. The summed E-state index contributed by atoms with van der Waals surface area (Å²) in [5.74, 6) is -0.616. The summed E-state index contributed by atoms with van der Waals surface area (Å²) in [7, 11) is 0. The highest BCUT2D eigenvalue weighted by molar-refractivity contribution is 7.71. The molecule has 23 heavy (non-hydrogen) atoms. The lowest BCUT2D eigenvalue weighted by atomic mass is 10.1. The Balaban J connectivity index is 1.93. The molecule has 0 spiro atoms. The number of benzene rings is 2. The minimum absolute atomic E-state index is 0.118. The summed E-state index contributed by atoms with van der Waals surface area (Å²) in [6.07, 6.45) is 1.58. The summed E-state index contributed by atoms with van der Waals surface area (Å²) < 4.78 is 1.88. The predicted octanol–water partition coefficient (Wildman–Crippen LogP) is 1.85. The maximum Gasteiger partial charge on any atom is 0.216 e. The molecular formula is C16H11N4O2S-. The van der Waals surface area contributed by atoms with Crippen molar-refractivity contribution in [3.8, 4) is 11.4 Å². The second-order valence-electron chi connectivity index (χ2n) is 4.68. The van der Waals surface area contributed by atoms with E-state index in [-0.39, 0.29) is 5.56 Å². The Labute approximate surface area is 136 Å². The third kappa shape index (κ3) is 3.24. The van der Waals surface area contributed by atoms with Crippen LogP contribution in [0.15, 0.2) is 59.7 Å². The molecule has 0 saturated carbocycles. The van der Waals surface area contributed by atoms with E-state index < -0.39 is 5.97 Å². The summed E-state index contributed by atoms with van der Waals surface area (Å²) in [5.41, 5.74) is 1.73. The van der Waals surface area contributed by atoms with Crippen LogP contribution in [0.4, 0.5) is 0 Å². The van der Waals surface area contributed by atoms with E-state index in [2.05, 4.69) is 15.3 Å². The van der Waals surface area contributed by atoms with E-state index in [4.69, 9.17) is 12.2 Å². The van der Waals surface area contributed by atoms with Crippen LogP contribution in [0.2, 0.25) is 0 Å². The summed E-state index contributed by atoms with van der Waals surface area (Å²) in [4.78, 5) is 10.7. The topological polar surface area (TPSA) is 86.1 Å². The van der Waals surface area contributed by atoms with E-state index in [0.717, 1.165) is 11.1 Å². The molecule has 0 saturated heterocycles. The maximum atomic E-state index is 10.7. The van der Waals surface area contributed by atoms with Crippen molar-refractivity contribution in [2.24, 2.45) is 5.10 Å². The molecule has 1 N–H and O–H groups in total. The van der Waals surface area contributed by atoms with Crippen molar-refractivity contribution in [3.63, 3.8) is 0 Å². The van der Waals surface area contributed by atoms with Gasteiger partial charge < -0.3 is 9.90 Å². The number of nitrogens with one attached hydrogen (secondary N) is 1. The van der Waals surface area contributed by atoms with Crippen molar-refractivity contribution in [1.82, 2.24) is 14.9 Å². The van der Waals surface area contributed by atoms with Gasteiger partial charge in [-0.3, -0.25) is 0 Å². The molecule has 0 bridgehead atoms. The SMILES string of the molecule is O=C([O-])c1ccc(/C=N/n2c(-c3ccccc3)n[nH]c2=S)cc1. The molecule has 0 radical (unpaired) electrons. The van der Waals surface area contributed by atoms with Gasteiger partial charge in [-0.25, -0.2) is 5.10 Å². The van der Waals surface area contributed by atoms with Crippen LogP contribution >= 0.6 is 12.2 Å². The first-order chi connectivity index (χ1) is 11.1. The summed E-state index contributed by atoms with van der Waals surface area (Å²) in [6.45, 7) is 0. The molecule has 7 heteroatoms. The Hall–Kier alpha value is -3.06. The first-order valence-electron chi connectivity index (χ1n) is 6.74. The second kappa shape index (κ2) is 6.37. The Morgan fingerprint density at radius 2 is 1.87 bits per heavy atom. The quantitative estimate of drug-likeness (QED) is 0.586. The number of hydrogen-bond donors (Lipinski definition) is 1. The minimum Gasteiger partial charge on any atom is -0.545 e. The first-order valence-corrected chi connectivity index (χ1v) is 7.14. The zero-order chi connectivity index (χ0) is 16.2. The number of nitrogens with zero attached hydrogens (tertiary/aromatic N) is 3. The number of H-pyrrole nitrogens is 1. The molecule has 1 heterocycles. The van der Waals surface area contributed by atoms with Gasteiger partial charge >= 0.3 is 0 Å². The molecule has 1 aromatic heterocycles. The highest BCUT2D eigenvalue weighted by Gasteiger charge is 2.06. The largest absolute Gasteiger partial charge is 0.545 e. The first kappa shape index (κ1) is 14.9. The van der Waals surface area contributed by atoms with Crippen molar-refractivity contribution < 1.29 is 9.90 Å². The van der Waals surface area contributed by atoms with Crippen LogP contribution in [-0.2, 0) is 0 Å². The maximum absolute atomic E-state index is 10.7. The molecule has 0 fully saturated rings. The van der Waals surface area contributed by atoms with E-state index in [0.29, 0.717) is 10.6 Å². The number of carbonyl (C=O) groups is 1. The molecule has 0 aliphatic rings. The average Bonchev–Trinajstić information content (AvgIpc) is 2.95. The normalized spacial score (nSPS) is 11.0. The Morgan fingerprint density at radius 3 is 2.52 bits per heavy atom. The molecule has 0 atom stereocenters. The highest BCUT2D eigenvalue weighted by atomic mass is 32.1. The third-order valence-corrected chi connectivity index (χ3v) is 3.42. The smallest absolute Gasteiger partial charge is 0.216 e. The van der Waals surface area contributed by atoms with Gasteiger partial charge in [0.05, 0.1) is 12.2 Å². The molecule has 3 aromatic rings. The van der Waals surface area contributed by atoms with Crippen LogP contribution < -0.4 is 5.11 Å². The molecule has 0 aliphatic carbocycles. The van der Waals surface area contributed by atoms with E-state index in [1.807, 2.05) is 30.3 Å². The lowest BCUT2D eigenvalue weighted by Gasteiger charge is -2.02. The summed E-state index contributed by atoms with van der Waals surface area (Å²) in [5, 5.41) is 21.9. The summed E-state index contributed by atoms with van der Waals surface area (Å²) in [6, 6.07) is 15.7. The van der Waals surface area contributed by atoms with Crippen LogP contribution in [-0.4, -0.2) is 27.1 Å². The molecule has 0 aliphatic heterocycles. The fourth-order valence-corrected chi connectivity index (χ4v) is 2.18. The van der Waals surface area contributed by atoms with Gasteiger partial charge in [0, 0.05) is 5.56 Å². The van der Waals surface area contributed by atoms with Crippen LogP contribution in [0, 0.1) is 4.77 Å². The van der Waals surface area contributed by atoms with Gasteiger partial charge in [-0.05, 0) is 23.3 Å². The van der Waals surface area contributed by atoms with Gasteiger partial charge in [-0.15, -0.1) is 0 Å². The van der Waals surface area contributed by atoms with Crippen LogP contribution in [0.25, 0.3) is 11.4 Å². The van der Waals surface area contributed by atoms with Crippen molar-refractivity contribution in [2.75, 3.05) is 0 Å². The van der Waals surface area contributed by atoms with Gasteiger partial charge in [0.2, 0.25) is 4.77 Å². The van der Waals surface area contributed by atoms with Gasteiger partial charge in [-0.2, -0.15) is 14.9 Å². The highest BCUT2D eigenvalue weighted by Crippen LogP contribution is 2.16. The summed E-state index contributed by atoms with van der Waals surface area (Å²) >= 11 is 5.19. The fourth-order valence-electron chi connectivity index (χ4n) is 2.00. The van der Waals surface area contributed by atoms with Gasteiger partial charge in [0.25, 0.3) is 0 Å². The Bertz CT molecular complexity index is 911. The molecule has 6 nitrogen and oxygen atoms in total. The Kier molecular flexibility index (Phi) is 4.11. The molecular weight excluding hydrogens is 312 g/mol. The van der Waals surface area contributed by atoms with Crippen LogP contribution in [0.1, 0.15) is 15.9 Å². The van der Waals surface area contributed by atoms with Crippen molar-refractivity contribution in [1.29, 1.82) is 0 Å². The van der Waals surface area contributed by atoms with E-state index in [1.165, 1.54) is 16.8 Å². The monoisotopic (exact) mass is 323 g/mol. The van der Waals surface area contributed by atoms with Gasteiger partial charge in [0.15, 0.2) is 5.82 Å². The van der Waals surface area contributed by atoms with Gasteiger partial charge in [0.1, 0.15) is 0 Å². The Morgan fingerprint density at radius 1 is 1.17 bits per heavy atom. The lowest BCUT2D eigenvalue weighted by molar-refractivity contribution is -0.255. The van der Waals surface area contributed by atoms with Crippen molar-refractivity contribution >= 4 is 24.4 Å². The average molecular weight is 323 g/mol. The zero-order valence-electron chi connectivity index (χ0n) is 11.8. The molecule has 114 valence electrons. The second-order valence-corrected chi connectivity index (χ2v) is 5.07. The number of rotatable bonds is 4.